The van der Waals surface area contributed by atoms with Gasteiger partial charge < -0.3 is 19.1 Å². The highest BCUT2D eigenvalue weighted by Gasteiger charge is 2.27. The Morgan fingerprint density at radius 3 is 2.70 bits per heavy atom. The van der Waals surface area contributed by atoms with Gasteiger partial charge in [0.15, 0.2) is 0 Å². The largest absolute Gasteiger partial charge is 0.378 e. The molecule has 0 N–H and O–H groups in total. The normalized spacial score (nSPS) is 15.6. The first-order valence-electron chi connectivity index (χ1n) is 9.66. The Bertz CT molecular complexity index is 781. The molecular formula is C21H29N3O3. The number of hydrogen-bond donors (Lipinski definition) is 0. The zero-order valence-corrected chi connectivity index (χ0v) is 16.7. The summed E-state index contributed by atoms with van der Waals surface area (Å²) in [6, 6.07) is 8.38. The average molecular weight is 371 g/mol. The molecule has 2 aromatic rings. The van der Waals surface area contributed by atoms with Crippen molar-refractivity contribution in [1.29, 1.82) is 0 Å². The lowest BCUT2D eigenvalue weighted by Crippen LogP contribution is -2.39. The third kappa shape index (κ3) is 4.33. The van der Waals surface area contributed by atoms with Crippen molar-refractivity contribution in [3.05, 3.63) is 35.4 Å². The fourth-order valence-electron chi connectivity index (χ4n) is 3.45. The molecule has 6 nitrogen and oxygen atoms in total. The van der Waals surface area contributed by atoms with Crippen LogP contribution >= 0.6 is 0 Å². The molecule has 3 rings (SSSR count). The van der Waals surface area contributed by atoms with Gasteiger partial charge in [-0.3, -0.25) is 4.79 Å². The first-order valence-corrected chi connectivity index (χ1v) is 9.66. The maximum absolute atomic E-state index is 12.3. The van der Waals surface area contributed by atoms with E-state index in [9.17, 15) is 4.79 Å². The van der Waals surface area contributed by atoms with Crippen LogP contribution in [0.3, 0.4) is 0 Å². The molecule has 6 heteroatoms. The predicted molar refractivity (Wildman–Crippen MR) is 106 cm³/mol. The molecule has 1 aliphatic heterocycles. The maximum atomic E-state index is 12.3. The van der Waals surface area contributed by atoms with E-state index >= 15 is 0 Å². The second kappa shape index (κ2) is 8.57. The zero-order chi connectivity index (χ0) is 19.4. The standard InChI is InChI=1S/C21H29N3O3/c1-5-16(3)24(17(4)25)14-19-20(18-8-6-7-15(2)13-18)22-27-21(19)23-9-11-26-12-10-23/h6-8,13,16H,5,9-12,14H2,1-4H3/t16-/m0/s1. The van der Waals surface area contributed by atoms with E-state index in [0.717, 1.165) is 42.2 Å². The van der Waals surface area contributed by atoms with Crippen molar-refractivity contribution in [2.24, 2.45) is 0 Å². The number of anilines is 1. The Morgan fingerprint density at radius 2 is 2.07 bits per heavy atom. The van der Waals surface area contributed by atoms with Crippen LogP contribution in [-0.4, -0.2) is 48.3 Å². The van der Waals surface area contributed by atoms with Crippen LogP contribution in [0.5, 0.6) is 0 Å². The van der Waals surface area contributed by atoms with Crippen molar-refractivity contribution < 1.29 is 14.1 Å². The number of ether oxygens (including phenoxy) is 1. The number of nitrogens with zero attached hydrogens (tertiary/aromatic N) is 3. The van der Waals surface area contributed by atoms with Gasteiger partial charge in [-0.25, -0.2) is 0 Å². The van der Waals surface area contributed by atoms with Crippen LogP contribution in [0.1, 0.15) is 38.3 Å². The van der Waals surface area contributed by atoms with Gasteiger partial charge in [0.05, 0.1) is 25.3 Å². The lowest BCUT2D eigenvalue weighted by atomic mass is 10.0. The van der Waals surface area contributed by atoms with E-state index in [1.165, 1.54) is 5.56 Å². The quantitative estimate of drug-likeness (QED) is 0.776. The summed E-state index contributed by atoms with van der Waals surface area (Å²) >= 11 is 0. The highest BCUT2D eigenvalue weighted by Crippen LogP contribution is 2.33. The number of rotatable bonds is 6. The highest BCUT2D eigenvalue weighted by atomic mass is 16.5. The zero-order valence-electron chi connectivity index (χ0n) is 16.7. The molecule has 1 aromatic carbocycles. The molecule has 1 amide bonds. The van der Waals surface area contributed by atoms with Gasteiger partial charge in [0.25, 0.3) is 0 Å². The first kappa shape index (κ1) is 19.4. The van der Waals surface area contributed by atoms with Crippen molar-refractivity contribution in [3.63, 3.8) is 0 Å². The summed E-state index contributed by atoms with van der Waals surface area (Å²) < 4.78 is 11.3. The van der Waals surface area contributed by atoms with E-state index in [1.807, 2.05) is 17.0 Å². The predicted octanol–water partition coefficient (Wildman–Crippen LogP) is 3.63. The van der Waals surface area contributed by atoms with Crippen molar-refractivity contribution in [3.8, 4) is 11.3 Å². The van der Waals surface area contributed by atoms with Crippen molar-refractivity contribution in [1.82, 2.24) is 10.1 Å². The number of aryl methyl sites for hydroxylation is 1. The summed E-state index contributed by atoms with van der Waals surface area (Å²) in [5.41, 5.74) is 3.97. The van der Waals surface area contributed by atoms with Crippen LogP contribution in [0.15, 0.2) is 28.8 Å². The molecule has 146 valence electrons. The summed E-state index contributed by atoms with van der Waals surface area (Å²) in [6.07, 6.45) is 0.900. The molecule has 0 radical (unpaired) electrons. The lowest BCUT2D eigenvalue weighted by Gasteiger charge is -2.30. The van der Waals surface area contributed by atoms with Crippen molar-refractivity contribution in [2.45, 2.75) is 46.7 Å². The molecule has 1 aliphatic rings. The van der Waals surface area contributed by atoms with Crippen LogP contribution < -0.4 is 4.90 Å². The Balaban J connectivity index is 2.03. The molecule has 1 atom stereocenters. The Morgan fingerprint density at radius 1 is 1.33 bits per heavy atom. The third-order valence-electron chi connectivity index (χ3n) is 5.21. The second-order valence-electron chi connectivity index (χ2n) is 7.19. The first-order chi connectivity index (χ1) is 13.0. The summed E-state index contributed by atoms with van der Waals surface area (Å²) in [6.45, 7) is 11.2. The SMILES string of the molecule is CC[C@H](C)N(Cc1c(-c2cccc(C)c2)noc1N1CCOCC1)C(C)=O. The molecule has 1 fully saturated rings. The summed E-state index contributed by atoms with van der Waals surface area (Å²) in [5.74, 6) is 0.818. The van der Waals surface area contributed by atoms with Crippen LogP contribution in [0.2, 0.25) is 0 Å². The fraction of sp³-hybridized carbons (Fsp3) is 0.524. The molecule has 1 aromatic heterocycles. The lowest BCUT2D eigenvalue weighted by molar-refractivity contribution is -0.131. The van der Waals surface area contributed by atoms with Gasteiger partial charge in [0, 0.05) is 31.6 Å². The summed E-state index contributed by atoms with van der Waals surface area (Å²) in [5, 5.41) is 4.40. The minimum Gasteiger partial charge on any atom is -0.378 e. The minimum absolute atomic E-state index is 0.0636. The van der Waals surface area contributed by atoms with Crippen molar-refractivity contribution >= 4 is 11.8 Å². The third-order valence-corrected chi connectivity index (χ3v) is 5.21. The van der Waals surface area contributed by atoms with E-state index in [2.05, 4.69) is 43.0 Å². The number of aromatic nitrogens is 1. The molecule has 0 unspecified atom stereocenters. The monoisotopic (exact) mass is 371 g/mol. The Labute approximate surface area is 161 Å². The average Bonchev–Trinajstić information content (AvgIpc) is 3.09. The number of carbonyl (C=O) groups excluding carboxylic acids is 1. The Hall–Kier alpha value is -2.34. The maximum Gasteiger partial charge on any atom is 0.233 e. The number of amides is 1. The van der Waals surface area contributed by atoms with Crippen LogP contribution in [-0.2, 0) is 16.1 Å². The highest BCUT2D eigenvalue weighted by molar-refractivity contribution is 5.75. The van der Waals surface area contributed by atoms with E-state index in [1.54, 1.807) is 6.92 Å². The van der Waals surface area contributed by atoms with Gasteiger partial charge in [-0.2, -0.15) is 0 Å². The number of benzene rings is 1. The van der Waals surface area contributed by atoms with Gasteiger partial charge in [0.2, 0.25) is 11.8 Å². The Kier molecular flexibility index (Phi) is 6.16. The molecule has 0 bridgehead atoms. The number of morpholine rings is 1. The molecule has 27 heavy (non-hydrogen) atoms. The topological polar surface area (TPSA) is 58.8 Å². The van der Waals surface area contributed by atoms with Gasteiger partial charge in [-0.15, -0.1) is 0 Å². The van der Waals surface area contributed by atoms with Crippen LogP contribution in [0, 0.1) is 6.92 Å². The van der Waals surface area contributed by atoms with Crippen LogP contribution in [0.4, 0.5) is 5.88 Å². The van der Waals surface area contributed by atoms with Gasteiger partial charge >= 0.3 is 0 Å². The molecular weight excluding hydrogens is 342 g/mol. The van der Waals surface area contributed by atoms with Gasteiger partial charge in [-0.05, 0) is 26.3 Å². The molecule has 0 aliphatic carbocycles. The minimum atomic E-state index is 0.0636. The number of carbonyl (C=O) groups is 1. The van der Waals surface area contributed by atoms with Gasteiger partial charge in [-0.1, -0.05) is 35.8 Å². The van der Waals surface area contributed by atoms with E-state index in [-0.39, 0.29) is 11.9 Å². The van der Waals surface area contributed by atoms with E-state index < -0.39 is 0 Å². The van der Waals surface area contributed by atoms with E-state index in [0.29, 0.717) is 19.8 Å². The summed E-state index contributed by atoms with van der Waals surface area (Å²) in [4.78, 5) is 16.4. The molecule has 2 heterocycles. The smallest absolute Gasteiger partial charge is 0.233 e. The fourth-order valence-corrected chi connectivity index (χ4v) is 3.45. The molecule has 1 saturated heterocycles. The summed E-state index contributed by atoms with van der Waals surface area (Å²) in [7, 11) is 0. The van der Waals surface area contributed by atoms with Gasteiger partial charge in [0.1, 0.15) is 5.69 Å². The molecule has 0 spiro atoms. The number of hydrogen-bond acceptors (Lipinski definition) is 5. The second-order valence-corrected chi connectivity index (χ2v) is 7.19. The van der Waals surface area contributed by atoms with Crippen LogP contribution in [0.25, 0.3) is 11.3 Å². The van der Waals surface area contributed by atoms with Crippen molar-refractivity contribution in [2.75, 3.05) is 31.2 Å². The molecule has 0 saturated carbocycles. The van der Waals surface area contributed by atoms with E-state index in [4.69, 9.17) is 9.26 Å².